The number of hydrogen-bond acceptors (Lipinski definition) is 3. The van der Waals surface area contributed by atoms with Crippen molar-refractivity contribution < 1.29 is 0 Å². The van der Waals surface area contributed by atoms with Gasteiger partial charge in [-0.2, -0.15) is 0 Å². The van der Waals surface area contributed by atoms with Gasteiger partial charge in [-0.25, -0.2) is 0 Å². The van der Waals surface area contributed by atoms with Crippen molar-refractivity contribution in [3.8, 4) is 0 Å². The molecule has 0 aliphatic carbocycles. The van der Waals surface area contributed by atoms with E-state index in [9.17, 15) is 0 Å². The van der Waals surface area contributed by atoms with Crippen LogP contribution in [0.25, 0.3) is 0 Å². The van der Waals surface area contributed by atoms with Crippen molar-refractivity contribution in [1.29, 1.82) is 0 Å². The maximum Gasteiger partial charge on any atom is 0.189 e. The molecule has 0 spiro atoms. The summed E-state index contributed by atoms with van der Waals surface area (Å²) in [5, 5.41) is 9.72. The minimum absolute atomic E-state index is 0.536. The third-order valence-corrected chi connectivity index (χ3v) is 6.67. The Morgan fingerprint density at radius 3 is 1.96 bits per heavy atom. The standard InChI is InChI=1S/C24H43N4/c1-6-10-12-20(8-3)17-28(18-21(9-4)13-11-7-2)23-15-14-19(5)22(16-25)24(23)26-27-28/h14-15,20-21H,6-13,16-18,25H2,1-5H3/q+1. The molecule has 2 rings (SSSR count). The summed E-state index contributed by atoms with van der Waals surface area (Å²) in [6.07, 6.45) is 10.1. The quantitative estimate of drug-likeness (QED) is 0.357. The zero-order chi connectivity index (χ0) is 20.6. The van der Waals surface area contributed by atoms with Crippen LogP contribution in [0.3, 0.4) is 0 Å². The number of hydrogen-bond donors (Lipinski definition) is 1. The number of nitrogens with zero attached hydrogens (tertiary/aromatic N) is 3. The number of aryl methyl sites for hydroxylation is 1. The van der Waals surface area contributed by atoms with E-state index in [1.807, 2.05) is 0 Å². The number of rotatable bonds is 13. The van der Waals surface area contributed by atoms with Crippen LogP contribution >= 0.6 is 0 Å². The molecule has 1 aromatic rings. The van der Waals surface area contributed by atoms with Gasteiger partial charge in [0.1, 0.15) is 13.1 Å². The smallest absolute Gasteiger partial charge is 0.189 e. The van der Waals surface area contributed by atoms with Gasteiger partial charge >= 0.3 is 0 Å². The first-order chi connectivity index (χ1) is 13.5. The summed E-state index contributed by atoms with van der Waals surface area (Å²) in [4.78, 5) is 0. The molecule has 1 aliphatic rings. The third kappa shape index (κ3) is 5.21. The Labute approximate surface area is 173 Å². The van der Waals surface area contributed by atoms with Gasteiger partial charge < -0.3 is 5.73 Å². The van der Waals surface area contributed by atoms with Crippen LogP contribution in [0.4, 0.5) is 11.4 Å². The highest BCUT2D eigenvalue weighted by molar-refractivity contribution is 5.71. The van der Waals surface area contributed by atoms with E-state index < -0.39 is 0 Å². The Balaban J connectivity index is 2.40. The van der Waals surface area contributed by atoms with Crippen molar-refractivity contribution in [1.82, 2.24) is 4.59 Å². The third-order valence-electron chi connectivity index (χ3n) is 6.67. The van der Waals surface area contributed by atoms with Gasteiger partial charge in [-0.1, -0.05) is 64.6 Å². The fraction of sp³-hybridized carbons (Fsp3) is 0.750. The lowest BCUT2D eigenvalue weighted by Crippen LogP contribution is -2.49. The summed E-state index contributed by atoms with van der Waals surface area (Å²) in [6.45, 7) is 14.1. The first kappa shape index (κ1) is 23.0. The van der Waals surface area contributed by atoms with Crippen molar-refractivity contribution in [2.45, 2.75) is 92.5 Å². The summed E-state index contributed by atoms with van der Waals surface area (Å²) in [6, 6.07) is 4.51. The maximum atomic E-state index is 6.09. The molecule has 158 valence electrons. The molecule has 4 nitrogen and oxygen atoms in total. The van der Waals surface area contributed by atoms with Gasteiger partial charge in [0.15, 0.2) is 11.4 Å². The molecule has 2 N–H and O–H groups in total. The van der Waals surface area contributed by atoms with Crippen LogP contribution in [0, 0.1) is 18.8 Å². The second-order valence-electron chi connectivity index (χ2n) is 8.74. The average Bonchev–Trinajstić information content (AvgIpc) is 3.06. The van der Waals surface area contributed by atoms with E-state index in [0.717, 1.165) is 18.8 Å². The largest absolute Gasteiger partial charge is 0.326 e. The molecule has 4 heteroatoms. The molecular formula is C24H43N4+. The molecule has 2 atom stereocenters. The predicted molar refractivity (Wildman–Crippen MR) is 122 cm³/mol. The summed E-state index contributed by atoms with van der Waals surface area (Å²) < 4.78 is 0.688. The maximum absolute atomic E-state index is 6.09. The average molecular weight is 388 g/mol. The van der Waals surface area contributed by atoms with Crippen LogP contribution in [0.5, 0.6) is 0 Å². The number of nitrogens with two attached hydrogens (primary N) is 1. The molecule has 2 unspecified atom stereocenters. The number of unbranched alkanes of at least 4 members (excludes halogenated alkanes) is 2. The first-order valence-electron chi connectivity index (χ1n) is 11.7. The molecule has 1 aliphatic heterocycles. The van der Waals surface area contributed by atoms with Gasteiger partial charge in [-0.3, -0.25) is 0 Å². The van der Waals surface area contributed by atoms with Gasteiger partial charge in [0.05, 0.1) is 0 Å². The Morgan fingerprint density at radius 1 is 0.929 bits per heavy atom. The molecule has 0 aromatic heterocycles. The molecule has 1 heterocycles. The normalized spacial score (nSPS) is 20.4. The SMILES string of the molecule is CCCCC(CC)C[N+]1(CC(CC)CCCC)N=Nc2c1ccc(C)c2CN. The van der Waals surface area contributed by atoms with Crippen LogP contribution in [-0.2, 0) is 6.54 Å². The van der Waals surface area contributed by atoms with Crippen molar-refractivity contribution in [3.63, 3.8) is 0 Å². The predicted octanol–water partition coefficient (Wildman–Crippen LogP) is 7.21. The van der Waals surface area contributed by atoms with E-state index in [2.05, 4.69) is 46.8 Å². The first-order valence-corrected chi connectivity index (χ1v) is 11.7. The monoisotopic (exact) mass is 387 g/mol. The Hall–Kier alpha value is -1.26. The van der Waals surface area contributed by atoms with E-state index in [1.165, 1.54) is 68.2 Å². The van der Waals surface area contributed by atoms with Gasteiger partial charge in [0, 0.05) is 35.2 Å². The molecular weight excluding hydrogens is 344 g/mol. The van der Waals surface area contributed by atoms with Gasteiger partial charge in [0.25, 0.3) is 0 Å². The lowest BCUT2D eigenvalue weighted by atomic mass is 9.94. The van der Waals surface area contributed by atoms with Crippen LogP contribution in [0.15, 0.2) is 22.5 Å². The zero-order valence-electron chi connectivity index (χ0n) is 19.0. The fourth-order valence-electron chi connectivity index (χ4n) is 4.64. The highest BCUT2D eigenvalue weighted by atomic mass is 15.7. The van der Waals surface area contributed by atoms with Crippen LogP contribution < -0.4 is 10.3 Å². The van der Waals surface area contributed by atoms with Crippen LogP contribution in [-0.4, -0.2) is 13.1 Å². The summed E-state index contributed by atoms with van der Waals surface area (Å²) >= 11 is 0. The minimum Gasteiger partial charge on any atom is -0.326 e. The molecule has 0 saturated carbocycles. The molecule has 0 bridgehead atoms. The van der Waals surface area contributed by atoms with Crippen molar-refractivity contribution in [2.75, 3.05) is 13.1 Å². The Morgan fingerprint density at radius 2 is 1.50 bits per heavy atom. The molecule has 28 heavy (non-hydrogen) atoms. The lowest BCUT2D eigenvalue weighted by molar-refractivity contribution is 0.187. The lowest BCUT2D eigenvalue weighted by Gasteiger charge is -2.34. The zero-order valence-corrected chi connectivity index (χ0v) is 19.0. The van der Waals surface area contributed by atoms with Gasteiger partial charge in [-0.05, 0) is 38.2 Å². The van der Waals surface area contributed by atoms with Crippen LogP contribution in [0.2, 0.25) is 0 Å². The molecule has 0 radical (unpaired) electrons. The number of fused-ring (bicyclic) bond motifs is 1. The topological polar surface area (TPSA) is 50.7 Å². The van der Waals surface area contributed by atoms with E-state index in [4.69, 9.17) is 16.1 Å². The van der Waals surface area contributed by atoms with Crippen molar-refractivity contribution >= 4 is 11.4 Å². The number of benzene rings is 1. The molecule has 0 saturated heterocycles. The summed E-state index contributed by atoms with van der Waals surface area (Å²) in [5.41, 5.74) is 10.8. The fourth-order valence-corrected chi connectivity index (χ4v) is 4.64. The molecule has 0 amide bonds. The van der Waals surface area contributed by atoms with Crippen molar-refractivity contribution in [3.05, 3.63) is 23.3 Å². The summed E-state index contributed by atoms with van der Waals surface area (Å²) in [5.74, 6) is 1.38. The van der Waals surface area contributed by atoms with Crippen LogP contribution in [0.1, 0.15) is 90.2 Å². The van der Waals surface area contributed by atoms with Gasteiger partial charge in [-0.15, -0.1) is 4.59 Å². The minimum atomic E-state index is 0.536. The van der Waals surface area contributed by atoms with Gasteiger partial charge in [0.2, 0.25) is 0 Å². The molecule has 0 fully saturated rings. The highest BCUT2D eigenvalue weighted by Gasteiger charge is 2.43. The summed E-state index contributed by atoms with van der Waals surface area (Å²) in [7, 11) is 0. The van der Waals surface area contributed by atoms with E-state index in [0.29, 0.717) is 23.0 Å². The van der Waals surface area contributed by atoms with E-state index in [1.54, 1.807) is 0 Å². The number of quaternary nitrogens is 1. The van der Waals surface area contributed by atoms with E-state index in [-0.39, 0.29) is 0 Å². The second kappa shape index (κ2) is 11.1. The Bertz CT molecular complexity index is 620. The van der Waals surface area contributed by atoms with Crippen molar-refractivity contribution in [2.24, 2.45) is 27.9 Å². The molecule has 1 aromatic carbocycles. The Kier molecular flexibility index (Phi) is 9.10. The second-order valence-corrected chi connectivity index (χ2v) is 8.74. The van der Waals surface area contributed by atoms with E-state index >= 15 is 0 Å². The highest BCUT2D eigenvalue weighted by Crippen LogP contribution is 2.46.